The predicted molar refractivity (Wildman–Crippen MR) is 102 cm³/mol. The molecule has 0 saturated heterocycles. The maximum absolute atomic E-state index is 12.4. The Hall–Kier alpha value is -4.01. The van der Waals surface area contributed by atoms with Crippen LogP contribution in [0.5, 0.6) is 0 Å². The molecule has 2 aromatic carbocycles. The van der Waals surface area contributed by atoms with Gasteiger partial charge in [-0.3, -0.25) is 34.9 Å². The molecule has 4 amide bonds. The van der Waals surface area contributed by atoms with Crippen LogP contribution in [-0.4, -0.2) is 44.5 Å². The van der Waals surface area contributed by atoms with Gasteiger partial charge in [0.15, 0.2) is 0 Å². The van der Waals surface area contributed by atoms with Crippen molar-refractivity contribution in [1.29, 1.82) is 0 Å². The number of hydrazine groups is 1. The average molecular weight is 391 g/mol. The number of imide groups is 1. The highest BCUT2D eigenvalue weighted by Gasteiger charge is 2.40. The summed E-state index contributed by atoms with van der Waals surface area (Å²) in [5.74, 6) is -1.81. The number of rotatable bonds is 4. The molecule has 146 valence electrons. The lowest BCUT2D eigenvalue weighted by atomic mass is 10.1. The van der Waals surface area contributed by atoms with Crippen LogP contribution in [0, 0.1) is 0 Å². The number of benzene rings is 2. The third-order valence-corrected chi connectivity index (χ3v) is 4.68. The fourth-order valence-electron chi connectivity index (χ4n) is 3.20. The van der Waals surface area contributed by atoms with E-state index in [9.17, 15) is 19.2 Å². The first-order valence-corrected chi connectivity index (χ1v) is 8.95. The quantitative estimate of drug-likeness (QED) is 0.451. The van der Waals surface area contributed by atoms with Crippen molar-refractivity contribution in [3.8, 4) is 0 Å². The average Bonchev–Trinajstić information content (AvgIpc) is 3.24. The van der Waals surface area contributed by atoms with Crippen LogP contribution in [0.25, 0.3) is 11.0 Å². The second-order valence-electron chi connectivity index (χ2n) is 6.62. The minimum atomic E-state index is -1.09. The molecular formula is C20H17N5O4. The van der Waals surface area contributed by atoms with Crippen LogP contribution in [0.4, 0.5) is 0 Å². The fraction of sp³-hybridized carbons (Fsp3) is 0.150. The van der Waals surface area contributed by atoms with E-state index in [2.05, 4.69) is 20.8 Å². The van der Waals surface area contributed by atoms with Crippen LogP contribution in [-0.2, 0) is 16.0 Å². The van der Waals surface area contributed by atoms with E-state index in [1.54, 1.807) is 12.1 Å². The van der Waals surface area contributed by atoms with Crippen LogP contribution in [0.3, 0.4) is 0 Å². The molecule has 3 N–H and O–H groups in total. The summed E-state index contributed by atoms with van der Waals surface area (Å²) in [6.45, 7) is 1.42. The number of amides is 4. The molecule has 0 radical (unpaired) electrons. The van der Waals surface area contributed by atoms with E-state index in [0.717, 1.165) is 15.9 Å². The number of carbonyl (C=O) groups is 4. The number of carbonyl (C=O) groups excluding carboxylic acids is 4. The lowest BCUT2D eigenvalue weighted by Gasteiger charge is -2.21. The number of imidazole rings is 1. The first kappa shape index (κ1) is 18.4. The SMILES string of the molecule is C[C@@H](C(=O)NNC(=O)Cc1nc2ccccc2[nH]1)N1C(=O)c2ccccc2C1=O. The van der Waals surface area contributed by atoms with Gasteiger partial charge in [-0.25, -0.2) is 4.98 Å². The molecule has 29 heavy (non-hydrogen) atoms. The summed E-state index contributed by atoms with van der Waals surface area (Å²) >= 11 is 0. The van der Waals surface area contributed by atoms with Crippen molar-refractivity contribution in [1.82, 2.24) is 25.7 Å². The maximum atomic E-state index is 12.4. The molecule has 0 unspecified atom stereocenters. The van der Waals surface area contributed by atoms with E-state index in [0.29, 0.717) is 5.82 Å². The molecule has 1 aliphatic heterocycles. The van der Waals surface area contributed by atoms with E-state index in [1.807, 2.05) is 24.3 Å². The largest absolute Gasteiger partial charge is 0.342 e. The Morgan fingerprint density at radius 1 is 1.00 bits per heavy atom. The molecule has 9 heteroatoms. The molecule has 0 saturated carbocycles. The third-order valence-electron chi connectivity index (χ3n) is 4.68. The van der Waals surface area contributed by atoms with Crippen molar-refractivity contribution in [2.24, 2.45) is 0 Å². The molecule has 1 atom stereocenters. The van der Waals surface area contributed by atoms with Crippen LogP contribution in [0.1, 0.15) is 33.5 Å². The normalized spacial score (nSPS) is 14.0. The summed E-state index contributed by atoms with van der Waals surface area (Å²) in [5, 5.41) is 0. The number of para-hydroxylation sites is 2. The van der Waals surface area contributed by atoms with Gasteiger partial charge in [0.25, 0.3) is 17.7 Å². The number of nitrogens with one attached hydrogen (secondary N) is 3. The van der Waals surface area contributed by atoms with Gasteiger partial charge in [0.05, 0.1) is 28.6 Å². The molecule has 1 aliphatic rings. The molecule has 9 nitrogen and oxygen atoms in total. The second kappa shape index (κ2) is 7.19. The first-order valence-electron chi connectivity index (χ1n) is 8.95. The van der Waals surface area contributed by atoms with Crippen LogP contribution in [0.15, 0.2) is 48.5 Å². The van der Waals surface area contributed by atoms with Gasteiger partial charge in [0.2, 0.25) is 5.91 Å². The Bertz CT molecular complexity index is 1080. The Balaban J connectivity index is 1.36. The van der Waals surface area contributed by atoms with E-state index < -0.39 is 29.7 Å². The summed E-state index contributed by atoms with van der Waals surface area (Å²) in [6.07, 6.45) is -0.0731. The summed E-state index contributed by atoms with van der Waals surface area (Å²) < 4.78 is 0. The lowest BCUT2D eigenvalue weighted by molar-refractivity contribution is -0.130. The van der Waals surface area contributed by atoms with Gasteiger partial charge in [-0.15, -0.1) is 0 Å². The number of hydrogen-bond donors (Lipinski definition) is 3. The Kier molecular flexibility index (Phi) is 4.55. The van der Waals surface area contributed by atoms with Crippen molar-refractivity contribution in [2.75, 3.05) is 0 Å². The summed E-state index contributed by atoms with van der Waals surface area (Å²) in [6, 6.07) is 12.6. The summed E-state index contributed by atoms with van der Waals surface area (Å²) in [5.41, 5.74) is 6.59. The molecule has 2 heterocycles. The molecule has 4 rings (SSSR count). The maximum Gasteiger partial charge on any atom is 0.262 e. The number of nitrogens with zero attached hydrogens (tertiary/aromatic N) is 2. The lowest BCUT2D eigenvalue weighted by Crippen LogP contribution is -2.53. The minimum absolute atomic E-state index is 0.0731. The number of fused-ring (bicyclic) bond motifs is 2. The van der Waals surface area contributed by atoms with E-state index >= 15 is 0 Å². The van der Waals surface area contributed by atoms with Gasteiger partial charge in [-0.2, -0.15) is 0 Å². The van der Waals surface area contributed by atoms with E-state index in [1.165, 1.54) is 19.1 Å². The van der Waals surface area contributed by atoms with Crippen LogP contribution in [0.2, 0.25) is 0 Å². The summed E-state index contributed by atoms with van der Waals surface area (Å²) in [4.78, 5) is 57.6. The number of aromatic amines is 1. The molecule has 1 aromatic heterocycles. The number of H-pyrrole nitrogens is 1. The first-order chi connectivity index (χ1) is 14.0. The molecule has 0 aliphatic carbocycles. The molecular weight excluding hydrogens is 374 g/mol. The van der Waals surface area contributed by atoms with Gasteiger partial charge < -0.3 is 4.98 Å². The van der Waals surface area contributed by atoms with Crippen molar-refractivity contribution in [3.05, 3.63) is 65.5 Å². The highest BCUT2D eigenvalue weighted by atomic mass is 16.2. The Morgan fingerprint density at radius 3 is 2.28 bits per heavy atom. The van der Waals surface area contributed by atoms with Crippen LogP contribution < -0.4 is 10.9 Å². The van der Waals surface area contributed by atoms with Crippen molar-refractivity contribution < 1.29 is 19.2 Å². The molecule has 3 aromatic rings. The summed E-state index contributed by atoms with van der Waals surface area (Å²) in [7, 11) is 0. The molecule has 0 fully saturated rings. The zero-order valence-corrected chi connectivity index (χ0v) is 15.4. The molecule has 0 spiro atoms. The van der Waals surface area contributed by atoms with E-state index in [-0.39, 0.29) is 17.5 Å². The number of hydrogen-bond acceptors (Lipinski definition) is 5. The molecule has 0 bridgehead atoms. The Morgan fingerprint density at radius 2 is 1.62 bits per heavy atom. The van der Waals surface area contributed by atoms with Crippen molar-refractivity contribution >= 4 is 34.7 Å². The predicted octanol–water partition coefficient (Wildman–Crippen LogP) is 0.937. The van der Waals surface area contributed by atoms with Crippen molar-refractivity contribution in [2.45, 2.75) is 19.4 Å². The van der Waals surface area contributed by atoms with Gasteiger partial charge in [-0.05, 0) is 31.2 Å². The van der Waals surface area contributed by atoms with E-state index in [4.69, 9.17) is 0 Å². The zero-order valence-electron chi connectivity index (χ0n) is 15.4. The topological polar surface area (TPSA) is 124 Å². The zero-order chi connectivity index (χ0) is 20.5. The third kappa shape index (κ3) is 3.33. The highest BCUT2D eigenvalue weighted by molar-refractivity contribution is 6.22. The smallest absolute Gasteiger partial charge is 0.262 e. The highest BCUT2D eigenvalue weighted by Crippen LogP contribution is 2.24. The van der Waals surface area contributed by atoms with Gasteiger partial charge in [0, 0.05) is 0 Å². The van der Waals surface area contributed by atoms with Gasteiger partial charge in [-0.1, -0.05) is 24.3 Å². The van der Waals surface area contributed by atoms with Crippen LogP contribution >= 0.6 is 0 Å². The van der Waals surface area contributed by atoms with Gasteiger partial charge >= 0.3 is 0 Å². The second-order valence-corrected chi connectivity index (χ2v) is 6.62. The monoisotopic (exact) mass is 391 g/mol. The Labute approximate surface area is 165 Å². The minimum Gasteiger partial charge on any atom is -0.342 e. The van der Waals surface area contributed by atoms with Gasteiger partial charge in [0.1, 0.15) is 11.9 Å². The number of aromatic nitrogens is 2. The fourth-order valence-corrected chi connectivity index (χ4v) is 3.20. The standard InChI is InChI=1S/C20H17N5O4/c1-11(25-19(28)12-6-2-3-7-13(12)20(25)29)18(27)24-23-17(26)10-16-21-14-8-4-5-9-15(14)22-16/h2-9,11H,10H2,1H3,(H,21,22)(H,23,26)(H,24,27)/t11-/m0/s1. The van der Waals surface area contributed by atoms with Crippen molar-refractivity contribution in [3.63, 3.8) is 0 Å².